The van der Waals surface area contributed by atoms with Gasteiger partial charge < -0.3 is 18.8 Å². The van der Waals surface area contributed by atoms with Gasteiger partial charge in [0.15, 0.2) is 0 Å². The molecule has 6 heterocycles. The van der Waals surface area contributed by atoms with Crippen molar-refractivity contribution in [3.8, 4) is 40.5 Å². The van der Waals surface area contributed by atoms with Crippen LogP contribution in [0.2, 0.25) is 0 Å². The molecule has 0 radical (unpaired) electrons. The Morgan fingerprint density at radius 2 is 1.60 bits per heavy atom. The summed E-state index contributed by atoms with van der Waals surface area (Å²) in [6.07, 6.45) is 9.29. The lowest BCUT2D eigenvalue weighted by atomic mass is 9.92. The van der Waals surface area contributed by atoms with Crippen LogP contribution in [0.4, 0.5) is 0 Å². The summed E-state index contributed by atoms with van der Waals surface area (Å²) < 4.78 is 20.1. The molecular formula is C44H37N7O7. The third kappa shape index (κ3) is 7.18. The number of aromatic nitrogens is 5. The number of hydrogen-bond donors (Lipinski definition) is 1. The van der Waals surface area contributed by atoms with Crippen molar-refractivity contribution in [1.82, 2.24) is 34.9 Å². The molecule has 1 unspecified atom stereocenters. The van der Waals surface area contributed by atoms with Crippen LogP contribution in [0, 0.1) is 11.8 Å². The Morgan fingerprint density at radius 1 is 0.793 bits per heavy atom. The fraction of sp³-hybridized carbons (Fsp3) is 0.273. The Bertz CT molecular complexity index is 2660. The van der Waals surface area contributed by atoms with Crippen molar-refractivity contribution in [2.24, 2.45) is 7.05 Å². The number of carbonyl (C=O) groups is 4. The number of carbonyl (C=O) groups excluding carboxylic acids is 4. The summed E-state index contributed by atoms with van der Waals surface area (Å²) >= 11 is 0. The van der Waals surface area contributed by atoms with Gasteiger partial charge in [0.1, 0.15) is 29.7 Å². The highest BCUT2D eigenvalue weighted by Gasteiger charge is 2.44. The second kappa shape index (κ2) is 15.4. The largest absolute Gasteiger partial charge is 0.494 e. The quantitative estimate of drug-likeness (QED) is 0.0993. The zero-order valence-corrected chi connectivity index (χ0v) is 31.5. The van der Waals surface area contributed by atoms with Crippen LogP contribution in [0.5, 0.6) is 17.5 Å². The molecule has 1 saturated heterocycles. The van der Waals surface area contributed by atoms with Gasteiger partial charge in [0.25, 0.3) is 11.8 Å². The first-order valence-electron chi connectivity index (χ1n) is 19.2. The Kier molecular flexibility index (Phi) is 9.70. The second-order valence-corrected chi connectivity index (χ2v) is 14.5. The van der Waals surface area contributed by atoms with Gasteiger partial charge in [-0.2, -0.15) is 0 Å². The molecule has 6 aromatic rings. The van der Waals surface area contributed by atoms with E-state index in [1.807, 2.05) is 36.8 Å². The topological polar surface area (TPSA) is 168 Å². The summed E-state index contributed by atoms with van der Waals surface area (Å²) in [5, 5.41) is 12.9. The molecule has 290 valence electrons. The predicted octanol–water partition coefficient (Wildman–Crippen LogP) is 5.57. The second-order valence-electron chi connectivity index (χ2n) is 14.5. The lowest BCUT2D eigenvalue weighted by Gasteiger charge is -2.34. The molecule has 3 aliphatic rings. The lowest BCUT2D eigenvalue weighted by Crippen LogP contribution is -2.54. The fourth-order valence-electron chi connectivity index (χ4n) is 7.55. The number of ether oxygens (including phenoxy) is 3. The minimum absolute atomic E-state index is 0.00806. The molecule has 2 aliphatic heterocycles. The van der Waals surface area contributed by atoms with Crippen LogP contribution in [0.15, 0.2) is 85.3 Å². The maximum atomic E-state index is 13.0. The van der Waals surface area contributed by atoms with Gasteiger partial charge in [-0.25, -0.2) is 4.98 Å². The van der Waals surface area contributed by atoms with Gasteiger partial charge in [0.2, 0.25) is 23.6 Å². The summed E-state index contributed by atoms with van der Waals surface area (Å²) in [5.41, 5.74) is 5.33. The van der Waals surface area contributed by atoms with E-state index in [9.17, 15) is 19.2 Å². The van der Waals surface area contributed by atoms with Crippen LogP contribution in [-0.2, 0) is 16.6 Å². The minimum atomic E-state index is -1.01. The first-order chi connectivity index (χ1) is 28.3. The number of nitrogens with one attached hydrogen (secondary N) is 1. The first kappa shape index (κ1) is 36.5. The number of benzene rings is 2. The van der Waals surface area contributed by atoms with Crippen LogP contribution in [0.3, 0.4) is 0 Å². The standard InChI is InChI=1S/C44H37N7O7/c1-50-36-17-18-45-25-35(36)32-11-7-26(20-38(32)50)27-8-15-40(46-24-27)57-30-21-31(22-30)58-41-16-9-28(48-49-41)6-4-2-3-5-19-56-29-10-12-33-34(23-29)44(55)51(43(33)54)37-13-14-39(52)47-42(37)53/h7-12,15-18,20,23-25,30-31,37H,2-3,5,13-14,19,21-22H2,1H3,(H,47,52,53)/t30-,31-,37?. The number of piperidine rings is 1. The molecule has 14 nitrogen and oxygen atoms in total. The lowest BCUT2D eigenvalue weighted by molar-refractivity contribution is -0.136. The van der Waals surface area contributed by atoms with E-state index in [2.05, 4.69) is 67.1 Å². The molecule has 1 saturated carbocycles. The molecule has 4 aromatic heterocycles. The van der Waals surface area contributed by atoms with Crippen LogP contribution in [-0.4, -0.2) is 78.1 Å². The number of pyridine rings is 2. The minimum Gasteiger partial charge on any atom is -0.494 e. The van der Waals surface area contributed by atoms with E-state index < -0.39 is 29.7 Å². The van der Waals surface area contributed by atoms with Crippen molar-refractivity contribution < 1.29 is 33.4 Å². The van der Waals surface area contributed by atoms with Crippen molar-refractivity contribution in [1.29, 1.82) is 0 Å². The van der Waals surface area contributed by atoms with Crippen LogP contribution >= 0.6 is 0 Å². The number of amides is 4. The van der Waals surface area contributed by atoms with Gasteiger partial charge in [0, 0.05) is 85.3 Å². The maximum Gasteiger partial charge on any atom is 0.262 e. The van der Waals surface area contributed by atoms with Gasteiger partial charge in [-0.05, 0) is 73.2 Å². The monoisotopic (exact) mass is 775 g/mol. The summed E-state index contributed by atoms with van der Waals surface area (Å²) in [4.78, 5) is 59.5. The molecule has 2 aromatic carbocycles. The number of imide groups is 2. The molecule has 2 fully saturated rings. The van der Waals surface area contributed by atoms with E-state index in [-0.39, 0.29) is 36.2 Å². The average Bonchev–Trinajstić information content (AvgIpc) is 3.65. The number of unbranched alkanes of at least 4 members (excludes halogenated alkanes) is 2. The summed E-state index contributed by atoms with van der Waals surface area (Å²) in [5.74, 6) is 5.43. The number of nitrogens with zero attached hydrogens (tertiary/aromatic N) is 6. The molecule has 14 heteroatoms. The van der Waals surface area contributed by atoms with Gasteiger partial charge in [-0.15, -0.1) is 10.2 Å². The molecule has 0 bridgehead atoms. The summed E-state index contributed by atoms with van der Waals surface area (Å²) in [6, 6.07) is 19.6. The van der Waals surface area contributed by atoms with Crippen molar-refractivity contribution in [2.45, 2.75) is 63.2 Å². The van der Waals surface area contributed by atoms with E-state index in [4.69, 9.17) is 14.2 Å². The molecule has 1 atom stereocenters. The van der Waals surface area contributed by atoms with Crippen LogP contribution < -0.4 is 19.5 Å². The molecule has 58 heavy (non-hydrogen) atoms. The summed E-state index contributed by atoms with van der Waals surface area (Å²) in [6.45, 7) is 0.393. The normalized spacial score (nSPS) is 18.7. The van der Waals surface area contributed by atoms with Crippen molar-refractivity contribution in [3.63, 3.8) is 0 Å². The number of fused-ring (bicyclic) bond motifs is 4. The fourth-order valence-corrected chi connectivity index (χ4v) is 7.55. The van der Waals surface area contributed by atoms with Crippen LogP contribution in [0.25, 0.3) is 32.9 Å². The van der Waals surface area contributed by atoms with Crippen LogP contribution in [0.1, 0.15) is 71.4 Å². The van der Waals surface area contributed by atoms with Crippen molar-refractivity contribution in [3.05, 3.63) is 102 Å². The zero-order chi connectivity index (χ0) is 39.8. The molecule has 0 spiro atoms. The van der Waals surface area contributed by atoms with E-state index in [0.29, 0.717) is 42.7 Å². The van der Waals surface area contributed by atoms with Crippen molar-refractivity contribution in [2.75, 3.05) is 6.61 Å². The first-order valence-corrected chi connectivity index (χ1v) is 19.2. The smallest absolute Gasteiger partial charge is 0.262 e. The Balaban J connectivity index is 0.683. The number of rotatable bonds is 11. The Morgan fingerprint density at radius 3 is 2.40 bits per heavy atom. The number of aryl methyl sites for hydroxylation is 1. The van der Waals surface area contributed by atoms with Crippen molar-refractivity contribution >= 4 is 45.4 Å². The van der Waals surface area contributed by atoms with E-state index >= 15 is 0 Å². The Labute approximate surface area is 332 Å². The van der Waals surface area contributed by atoms with Gasteiger partial charge in [0.05, 0.1) is 23.3 Å². The third-order valence-corrected chi connectivity index (χ3v) is 10.7. The van der Waals surface area contributed by atoms with Gasteiger partial charge in [-0.1, -0.05) is 18.1 Å². The predicted molar refractivity (Wildman–Crippen MR) is 211 cm³/mol. The Hall–Kier alpha value is -7.14. The zero-order valence-electron chi connectivity index (χ0n) is 31.5. The SMILES string of the molecule is Cn1c2ccncc2c2ccc(-c3ccc(O[C@H]4C[C@H](Oc5ccc(C#CCCCCOc6ccc7c(c6)C(=O)N(C6CCC(=O)NC6=O)C7=O)nn5)C4)nc3)cc21. The highest BCUT2D eigenvalue weighted by Crippen LogP contribution is 2.33. The summed E-state index contributed by atoms with van der Waals surface area (Å²) in [7, 11) is 2.07. The number of hydrogen-bond acceptors (Lipinski definition) is 11. The average molecular weight is 776 g/mol. The highest BCUT2D eigenvalue weighted by atomic mass is 16.5. The molecule has 1 N–H and O–H groups in total. The van der Waals surface area contributed by atoms with E-state index in [1.165, 1.54) is 17.5 Å². The van der Waals surface area contributed by atoms with Gasteiger partial charge >= 0.3 is 0 Å². The van der Waals surface area contributed by atoms with Gasteiger partial charge in [-0.3, -0.25) is 34.4 Å². The molecule has 1 aliphatic carbocycles. The van der Waals surface area contributed by atoms with E-state index in [1.54, 1.807) is 18.2 Å². The highest BCUT2D eigenvalue weighted by molar-refractivity contribution is 6.23. The molecule has 4 amide bonds. The molecular weight excluding hydrogens is 739 g/mol. The maximum absolute atomic E-state index is 13.0. The van der Waals surface area contributed by atoms with E-state index in [0.717, 1.165) is 51.7 Å². The third-order valence-electron chi connectivity index (χ3n) is 10.7. The molecule has 9 rings (SSSR count).